The summed E-state index contributed by atoms with van der Waals surface area (Å²) in [4.78, 5) is 0. The molecule has 0 bridgehead atoms. The van der Waals surface area contributed by atoms with E-state index in [4.69, 9.17) is 10.5 Å². The van der Waals surface area contributed by atoms with Gasteiger partial charge in [-0.2, -0.15) is 0 Å². The summed E-state index contributed by atoms with van der Waals surface area (Å²) in [6, 6.07) is 17.5. The molecule has 2 aromatic rings. The fraction of sp³-hybridized carbons (Fsp3) is 0.368. The van der Waals surface area contributed by atoms with Crippen molar-refractivity contribution >= 4 is 0 Å². The lowest BCUT2D eigenvalue weighted by Gasteiger charge is -2.28. The third-order valence-electron chi connectivity index (χ3n) is 4.43. The van der Waals surface area contributed by atoms with Gasteiger partial charge in [-0.15, -0.1) is 0 Å². The van der Waals surface area contributed by atoms with E-state index in [0.29, 0.717) is 13.2 Å². The second-order valence-electron chi connectivity index (χ2n) is 5.60. The lowest BCUT2D eigenvalue weighted by atomic mass is 9.84. The molecule has 0 aliphatic heterocycles. The van der Waals surface area contributed by atoms with Gasteiger partial charge in [-0.1, -0.05) is 48.5 Å². The van der Waals surface area contributed by atoms with Gasteiger partial charge in [0, 0.05) is 19.1 Å². The molecule has 0 saturated carbocycles. The maximum atomic E-state index is 6.03. The molecule has 2 heteroatoms. The highest BCUT2D eigenvalue weighted by molar-refractivity contribution is 5.45. The van der Waals surface area contributed by atoms with E-state index in [9.17, 15) is 0 Å². The minimum atomic E-state index is 0.0374. The molecule has 1 aliphatic rings. The SMILES string of the molecule is CCOC(CN)C1c2ccccc2CCc2ccccc21. The van der Waals surface area contributed by atoms with Crippen molar-refractivity contribution in [1.29, 1.82) is 0 Å². The Hall–Kier alpha value is -1.64. The summed E-state index contributed by atoms with van der Waals surface area (Å²) in [7, 11) is 0. The van der Waals surface area contributed by atoms with E-state index in [1.807, 2.05) is 6.92 Å². The van der Waals surface area contributed by atoms with Gasteiger partial charge in [0.2, 0.25) is 0 Å². The van der Waals surface area contributed by atoms with Crippen LogP contribution in [0.2, 0.25) is 0 Å². The lowest BCUT2D eigenvalue weighted by molar-refractivity contribution is 0.0574. The zero-order chi connectivity index (χ0) is 14.7. The van der Waals surface area contributed by atoms with Gasteiger partial charge in [-0.25, -0.2) is 0 Å². The van der Waals surface area contributed by atoms with Crippen LogP contribution in [-0.4, -0.2) is 19.3 Å². The lowest BCUT2D eigenvalue weighted by Crippen LogP contribution is -2.32. The number of hydrogen-bond donors (Lipinski definition) is 1. The Labute approximate surface area is 126 Å². The Balaban J connectivity index is 2.14. The summed E-state index contributed by atoms with van der Waals surface area (Å²) in [5.41, 5.74) is 11.6. The number of rotatable bonds is 4. The first-order valence-electron chi connectivity index (χ1n) is 7.82. The third kappa shape index (κ3) is 2.74. The van der Waals surface area contributed by atoms with Gasteiger partial charge in [0.1, 0.15) is 0 Å². The minimum Gasteiger partial charge on any atom is -0.376 e. The molecule has 0 spiro atoms. The summed E-state index contributed by atoms with van der Waals surface area (Å²) in [6.45, 7) is 3.28. The summed E-state index contributed by atoms with van der Waals surface area (Å²) in [5.74, 6) is 0.241. The van der Waals surface area contributed by atoms with Crippen molar-refractivity contribution in [3.05, 3.63) is 70.8 Å². The summed E-state index contributed by atoms with van der Waals surface area (Å²) >= 11 is 0. The second-order valence-corrected chi connectivity index (χ2v) is 5.60. The van der Waals surface area contributed by atoms with Crippen LogP contribution in [0.3, 0.4) is 0 Å². The molecule has 1 unspecified atom stereocenters. The highest BCUT2D eigenvalue weighted by Crippen LogP contribution is 2.37. The predicted molar refractivity (Wildman–Crippen MR) is 86.6 cm³/mol. The van der Waals surface area contributed by atoms with E-state index in [1.165, 1.54) is 22.3 Å². The zero-order valence-electron chi connectivity index (χ0n) is 12.6. The number of benzene rings is 2. The molecule has 0 fully saturated rings. The molecule has 1 atom stereocenters. The van der Waals surface area contributed by atoms with Crippen molar-refractivity contribution in [3.63, 3.8) is 0 Å². The highest BCUT2D eigenvalue weighted by atomic mass is 16.5. The van der Waals surface area contributed by atoms with E-state index in [0.717, 1.165) is 12.8 Å². The van der Waals surface area contributed by atoms with Gasteiger partial charge < -0.3 is 10.5 Å². The van der Waals surface area contributed by atoms with Crippen molar-refractivity contribution in [1.82, 2.24) is 0 Å². The molecule has 3 rings (SSSR count). The number of ether oxygens (including phenoxy) is 1. The molecule has 0 saturated heterocycles. The Morgan fingerprint density at radius 3 is 2.00 bits per heavy atom. The zero-order valence-corrected chi connectivity index (χ0v) is 12.6. The second kappa shape index (κ2) is 6.42. The van der Waals surface area contributed by atoms with Gasteiger partial charge in [0.15, 0.2) is 0 Å². The number of hydrogen-bond acceptors (Lipinski definition) is 2. The van der Waals surface area contributed by atoms with E-state index >= 15 is 0 Å². The van der Waals surface area contributed by atoms with E-state index in [-0.39, 0.29) is 12.0 Å². The van der Waals surface area contributed by atoms with Crippen LogP contribution >= 0.6 is 0 Å². The van der Waals surface area contributed by atoms with Crippen LogP contribution in [0.5, 0.6) is 0 Å². The Kier molecular flexibility index (Phi) is 4.37. The number of aryl methyl sites for hydroxylation is 2. The molecular formula is C19H23NO. The van der Waals surface area contributed by atoms with E-state index in [1.54, 1.807) is 0 Å². The van der Waals surface area contributed by atoms with Crippen molar-refractivity contribution < 1.29 is 4.74 Å². The minimum absolute atomic E-state index is 0.0374. The van der Waals surface area contributed by atoms with Crippen LogP contribution < -0.4 is 5.73 Å². The van der Waals surface area contributed by atoms with Crippen molar-refractivity contribution in [3.8, 4) is 0 Å². The topological polar surface area (TPSA) is 35.2 Å². The summed E-state index contributed by atoms with van der Waals surface area (Å²) in [5, 5.41) is 0. The van der Waals surface area contributed by atoms with Gasteiger partial charge in [-0.3, -0.25) is 0 Å². The maximum Gasteiger partial charge on any atom is 0.0806 e. The fourth-order valence-electron chi connectivity index (χ4n) is 3.48. The molecule has 110 valence electrons. The van der Waals surface area contributed by atoms with Crippen LogP contribution in [0, 0.1) is 0 Å². The Bertz CT molecular complexity index is 561. The van der Waals surface area contributed by atoms with Crippen LogP contribution in [0.1, 0.15) is 35.1 Å². The van der Waals surface area contributed by atoms with Crippen LogP contribution in [0.4, 0.5) is 0 Å². The van der Waals surface area contributed by atoms with Gasteiger partial charge in [-0.05, 0) is 42.0 Å². The van der Waals surface area contributed by atoms with E-state index in [2.05, 4.69) is 48.5 Å². The molecule has 2 aromatic carbocycles. The first-order chi connectivity index (χ1) is 10.3. The molecule has 0 amide bonds. The van der Waals surface area contributed by atoms with Crippen molar-refractivity contribution in [2.45, 2.75) is 31.8 Å². The molecule has 0 radical (unpaired) electrons. The molecular weight excluding hydrogens is 258 g/mol. The Morgan fingerprint density at radius 1 is 1.00 bits per heavy atom. The molecule has 0 heterocycles. The smallest absolute Gasteiger partial charge is 0.0806 e. The largest absolute Gasteiger partial charge is 0.376 e. The van der Waals surface area contributed by atoms with E-state index < -0.39 is 0 Å². The predicted octanol–water partition coefficient (Wildman–Crippen LogP) is 3.28. The van der Waals surface area contributed by atoms with Crippen LogP contribution in [0.25, 0.3) is 0 Å². The summed E-state index contributed by atoms with van der Waals surface area (Å²) < 4.78 is 5.97. The first kappa shape index (κ1) is 14.3. The maximum absolute atomic E-state index is 6.03. The monoisotopic (exact) mass is 281 g/mol. The molecule has 2 N–H and O–H groups in total. The third-order valence-corrected chi connectivity index (χ3v) is 4.43. The van der Waals surface area contributed by atoms with Gasteiger partial charge in [0.25, 0.3) is 0 Å². The normalized spacial score (nSPS) is 15.9. The molecule has 21 heavy (non-hydrogen) atoms. The number of fused-ring (bicyclic) bond motifs is 2. The Morgan fingerprint density at radius 2 is 1.52 bits per heavy atom. The number of nitrogens with two attached hydrogens (primary N) is 1. The van der Waals surface area contributed by atoms with Crippen molar-refractivity contribution in [2.75, 3.05) is 13.2 Å². The molecule has 2 nitrogen and oxygen atoms in total. The van der Waals surface area contributed by atoms with Crippen molar-refractivity contribution in [2.24, 2.45) is 5.73 Å². The average Bonchev–Trinajstić information content (AvgIpc) is 2.70. The fourth-order valence-corrected chi connectivity index (χ4v) is 3.48. The molecule has 1 aliphatic carbocycles. The quantitative estimate of drug-likeness (QED) is 0.933. The standard InChI is InChI=1S/C19H23NO/c1-2-21-18(13-20)19-16-9-5-3-7-14(16)11-12-15-8-4-6-10-17(15)19/h3-10,18-19H,2,11-13,20H2,1H3. The molecule has 0 aromatic heterocycles. The average molecular weight is 281 g/mol. The first-order valence-corrected chi connectivity index (χ1v) is 7.82. The van der Waals surface area contributed by atoms with Gasteiger partial charge >= 0.3 is 0 Å². The van der Waals surface area contributed by atoms with Crippen LogP contribution in [-0.2, 0) is 17.6 Å². The highest BCUT2D eigenvalue weighted by Gasteiger charge is 2.29. The van der Waals surface area contributed by atoms with Gasteiger partial charge in [0.05, 0.1) is 6.10 Å². The van der Waals surface area contributed by atoms with Crippen LogP contribution in [0.15, 0.2) is 48.5 Å². The summed E-state index contributed by atoms with van der Waals surface area (Å²) in [6.07, 6.45) is 2.22.